The first kappa shape index (κ1) is 15.9. The van der Waals surface area contributed by atoms with Crippen LogP contribution in [-0.4, -0.2) is 5.11 Å². The lowest BCUT2D eigenvalue weighted by atomic mass is 10.1. The first-order valence-electron chi connectivity index (χ1n) is 6.55. The molecule has 2 aromatic carbocycles. The lowest BCUT2D eigenvalue weighted by Gasteiger charge is -2.17. The summed E-state index contributed by atoms with van der Waals surface area (Å²) in [7, 11) is 0. The third-order valence-electron chi connectivity index (χ3n) is 3.15. The van der Waals surface area contributed by atoms with E-state index in [9.17, 15) is 4.39 Å². The SMILES string of the molecule is Cc1ccc(NC(=S)N[C@@H](C)c2ccc(Br)cc2)cc1F. The molecule has 0 bridgehead atoms. The van der Waals surface area contributed by atoms with Gasteiger partial charge in [0, 0.05) is 10.2 Å². The molecule has 0 amide bonds. The summed E-state index contributed by atoms with van der Waals surface area (Å²) in [5.41, 5.74) is 2.37. The van der Waals surface area contributed by atoms with Gasteiger partial charge in [-0.05, 0) is 61.5 Å². The van der Waals surface area contributed by atoms with E-state index in [1.807, 2.05) is 31.2 Å². The zero-order valence-corrected chi connectivity index (χ0v) is 14.2. The molecular formula is C16H16BrFN2S. The van der Waals surface area contributed by atoms with Gasteiger partial charge in [-0.15, -0.1) is 0 Å². The van der Waals surface area contributed by atoms with Crippen LogP contribution < -0.4 is 10.6 Å². The Bertz CT molecular complexity index is 643. The fraction of sp³-hybridized carbons (Fsp3) is 0.188. The first-order valence-corrected chi connectivity index (χ1v) is 7.75. The predicted octanol–water partition coefficient (Wildman–Crippen LogP) is 4.94. The topological polar surface area (TPSA) is 24.1 Å². The van der Waals surface area contributed by atoms with E-state index in [0.717, 1.165) is 10.0 Å². The maximum atomic E-state index is 13.5. The van der Waals surface area contributed by atoms with E-state index in [-0.39, 0.29) is 11.9 Å². The maximum Gasteiger partial charge on any atom is 0.171 e. The molecule has 21 heavy (non-hydrogen) atoms. The number of anilines is 1. The Morgan fingerprint density at radius 1 is 1.19 bits per heavy atom. The van der Waals surface area contributed by atoms with Crippen LogP contribution in [0.2, 0.25) is 0 Å². The number of hydrogen-bond acceptors (Lipinski definition) is 1. The van der Waals surface area contributed by atoms with E-state index in [2.05, 4.69) is 26.6 Å². The number of rotatable bonds is 3. The maximum absolute atomic E-state index is 13.5. The molecular weight excluding hydrogens is 351 g/mol. The molecule has 2 nitrogen and oxygen atoms in total. The van der Waals surface area contributed by atoms with Crippen molar-refractivity contribution in [3.05, 3.63) is 63.9 Å². The molecule has 0 saturated carbocycles. The minimum atomic E-state index is -0.247. The lowest BCUT2D eigenvalue weighted by molar-refractivity contribution is 0.619. The quantitative estimate of drug-likeness (QED) is 0.751. The molecule has 0 saturated heterocycles. The molecule has 0 radical (unpaired) electrons. The van der Waals surface area contributed by atoms with E-state index in [0.29, 0.717) is 16.4 Å². The zero-order chi connectivity index (χ0) is 15.4. The number of benzene rings is 2. The summed E-state index contributed by atoms with van der Waals surface area (Å²) in [5, 5.41) is 6.64. The zero-order valence-electron chi connectivity index (χ0n) is 11.8. The molecule has 1 atom stereocenters. The molecule has 0 unspecified atom stereocenters. The first-order chi connectivity index (χ1) is 9.95. The van der Waals surface area contributed by atoms with Gasteiger partial charge >= 0.3 is 0 Å². The van der Waals surface area contributed by atoms with Gasteiger partial charge in [-0.25, -0.2) is 4.39 Å². The highest BCUT2D eigenvalue weighted by Crippen LogP contribution is 2.17. The van der Waals surface area contributed by atoms with Crippen molar-refractivity contribution in [3.8, 4) is 0 Å². The van der Waals surface area contributed by atoms with Gasteiger partial charge < -0.3 is 10.6 Å². The van der Waals surface area contributed by atoms with E-state index >= 15 is 0 Å². The highest BCUT2D eigenvalue weighted by atomic mass is 79.9. The second kappa shape index (κ2) is 7.00. The largest absolute Gasteiger partial charge is 0.356 e. The summed E-state index contributed by atoms with van der Waals surface area (Å²) in [6.45, 7) is 3.75. The van der Waals surface area contributed by atoms with Crippen LogP contribution in [-0.2, 0) is 0 Å². The Labute approximate surface area is 137 Å². The number of halogens is 2. The van der Waals surface area contributed by atoms with Crippen LogP contribution in [0.15, 0.2) is 46.9 Å². The molecule has 2 aromatic rings. The molecule has 0 aliphatic heterocycles. The highest BCUT2D eigenvalue weighted by Gasteiger charge is 2.07. The molecule has 0 aliphatic carbocycles. The van der Waals surface area contributed by atoms with Crippen LogP contribution in [0.4, 0.5) is 10.1 Å². The molecule has 2 rings (SSSR count). The second-order valence-electron chi connectivity index (χ2n) is 4.84. The van der Waals surface area contributed by atoms with Crippen molar-refractivity contribution in [2.75, 3.05) is 5.32 Å². The van der Waals surface area contributed by atoms with E-state index in [1.54, 1.807) is 19.1 Å². The summed E-state index contributed by atoms with van der Waals surface area (Å²) in [6.07, 6.45) is 0. The highest BCUT2D eigenvalue weighted by molar-refractivity contribution is 9.10. The third kappa shape index (κ3) is 4.51. The Morgan fingerprint density at radius 2 is 1.86 bits per heavy atom. The smallest absolute Gasteiger partial charge is 0.171 e. The Kier molecular flexibility index (Phi) is 5.31. The van der Waals surface area contributed by atoms with Gasteiger partial charge in [-0.1, -0.05) is 34.1 Å². The van der Waals surface area contributed by atoms with Gasteiger partial charge in [0.15, 0.2) is 5.11 Å². The summed E-state index contributed by atoms with van der Waals surface area (Å²) in [5.74, 6) is -0.247. The summed E-state index contributed by atoms with van der Waals surface area (Å²) in [6, 6.07) is 13.0. The van der Waals surface area contributed by atoms with Gasteiger partial charge in [0.05, 0.1) is 6.04 Å². The Morgan fingerprint density at radius 3 is 2.48 bits per heavy atom. The van der Waals surface area contributed by atoms with Crippen LogP contribution in [0.25, 0.3) is 0 Å². The van der Waals surface area contributed by atoms with Crippen LogP contribution in [0.3, 0.4) is 0 Å². The van der Waals surface area contributed by atoms with E-state index < -0.39 is 0 Å². The molecule has 2 N–H and O–H groups in total. The van der Waals surface area contributed by atoms with Gasteiger partial charge in [-0.3, -0.25) is 0 Å². The Hall–Kier alpha value is -1.46. The van der Waals surface area contributed by atoms with Crippen molar-refractivity contribution in [1.29, 1.82) is 0 Å². The predicted molar refractivity (Wildman–Crippen MR) is 93.1 cm³/mol. The Balaban J connectivity index is 1.97. The summed E-state index contributed by atoms with van der Waals surface area (Å²) >= 11 is 8.67. The van der Waals surface area contributed by atoms with Gasteiger partial charge in [0.1, 0.15) is 5.82 Å². The van der Waals surface area contributed by atoms with Crippen LogP contribution in [0, 0.1) is 12.7 Å². The monoisotopic (exact) mass is 366 g/mol. The third-order valence-corrected chi connectivity index (χ3v) is 3.90. The fourth-order valence-corrected chi connectivity index (χ4v) is 2.43. The molecule has 0 aliphatic rings. The van der Waals surface area contributed by atoms with Crippen molar-refractivity contribution < 1.29 is 4.39 Å². The van der Waals surface area contributed by atoms with Crippen molar-refractivity contribution in [2.24, 2.45) is 0 Å². The van der Waals surface area contributed by atoms with Crippen molar-refractivity contribution in [1.82, 2.24) is 5.32 Å². The fourth-order valence-electron chi connectivity index (χ4n) is 1.87. The lowest BCUT2D eigenvalue weighted by Crippen LogP contribution is -2.30. The van der Waals surface area contributed by atoms with Crippen LogP contribution in [0.5, 0.6) is 0 Å². The van der Waals surface area contributed by atoms with Crippen LogP contribution in [0.1, 0.15) is 24.1 Å². The number of nitrogens with one attached hydrogen (secondary N) is 2. The molecule has 110 valence electrons. The van der Waals surface area contributed by atoms with Crippen LogP contribution >= 0.6 is 28.1 Å². The number of aryl methyl sites for hydroxylation is 1. The molecule has 5 heteroatoms. The van der Waals surface area contributed by atoms with Crippen molar-refractivity contribution in [2.45, 2.75) is 19.9 Å². The molecule has 0 heterocycles. The summed E-state index contributed by atoms with van der Waals surface area (Å²) < 4.78 is 14.5. The van der Waals surface area contributed by atoms with Gasteiger partial charge in [-0.2, -0.15) is 0 Å². The van der Waals surface area contributed by atoms with E-state index in [1.165, 1.54) is 6.07 Å². The number of thiocarbonyl (C=S) groups is 1. The average molecular weight is 367 g/mol. The van der Waals surface area contributed by atoms with E-state index in [4.69, 9.17) is 12.2 Å². The number of hydrogen-bond donors (Lipinski definition) is 2. The normalized spacial score (nSPS) is 11.8. The minimum Gasteiger partial charge on any atom is -0.356 e. The second-order valence-corrected chi connectivity index (χ2v) is 6.16. The molecule has 0 aromatic heterocycles. The van der Waals surface area contributed by atoms with Gasteiger partial charge in [0.25, 0.3) is 0 Å². The standard InChI is InChI=1S/C16H16BrFN2S/c1-10-3-8-14(9-15(10)18)20-16(21)19-11(2)12-4-6-13(17)7-5-12/h3-9,11H,1-2H3,(H2,19,20,21)/t11-/m0/s1. The minimum absolute atomic E-state index is 0.0633. The van der Waals surface area contributed by atoms with Crippen molar-refractivity contribution in [3.63, 3.8) is 0 Å². The van der Waals surface area contributed by atoms with Gasteiger partial charge in [0.2, 0.25) is 0 Å². The average Bonchev–Trinajstić information content (AvgIpc) is 2.43. The summed E-state index contributed by atoms with van der Waals surface area (Å²) in [4.78, 5) is 0. The molecule has 0 fully saturated rings. The molecule has 0 spiro atoms. The van der Waals surface area contributed by atoms with Crippen molar-refractivity contribution >= 4 is 38.9 Å².